The number of nitrogens with zero attached hydrogens (tertiary/aromatic N) is 3. The monoisotopic (exact) mass is 338 g/mol. The van der Waals surface area contributed by atoms with Gasteiger partial charge < -0.3 is 9.88 Å². The van der Waals surface area contributed by atoms with Gasteiger partial charge >= 0.3 is 0 Å². The number of carbonyl (C=O) groups is 1. The minimum Gasteiger partial charge on any atom is -0.347 e. The van der Waals surface area contributed by atoms with Gasteiger partial charge in [0.25, 0.3) is 5.91 Å². The van der Waals surface area contributed by atoms with E-state index in [0.717, 1.165) is 30.9 Å². The number of imidazole rings is 1. The van der Waals surface area contributed by atoms with Crippen LogP contribution in [0.3, 0.4) is 0 Å². The minimum absolute atomic E-state index is 0.0533. The Morgan fingerprint density at radius 1 is 1.24 bits per heavy atom. The summed E-state index contributed by atoms with van der Waals surface area (Å²) in [5.74, 6) is 0.573. The van der Waals surface area contributed by atoms with E-state index in [0.29, 0.717) is 22.2 Å². The Morgan fingerprint density at radius 3 is 2.92 bits per heavy atom. The molecule has 1 aliphatic rings. The van der Waals surface area contributed by atoms with E-state index in [1.165, 1.54) is 12.1 Å². The molecule has 0 aliphatic carbocycles. The molecule has 0 spiro atoms. The standard InChI is InChI=1S/C19H19FN4O/c1-11-7-16(15-5-3-13(20)8-17(15)21-11)19(25)23-14-4-6-18-22-12(2)9-24(18)10-14/h3,5,7-9,14H,4,6,10H2,1-2H3,(H,23,25). The smallest absolute Gasteiger partial charge is 0.252 e. The molecule has 128 valence electrons. The van der Waals surface area contributed by atoms with Gasteiger partial charge in [0, 0.05) is 42.4 Å². The molecule has 1 aromatic carbocycles. The van der Waals surface area contributed by atoms with E-state index >= 15 is 0 Å². The van der Waals surface area contributed by atoms with Gasteiger partial charge in [-0.15, -0.1) is 0 Å². The van der Waals surface area contributed by atoms with E-state index in [9.17, 15) is 9.18 Å². The van der Waals surface area contributed by atoms with Gasteiger partial charge in [0.05, 0.1) is 16.8 Å². The molecule has 1 amide bonds. The lowest BCUT2D eigenvalue weighted by Gasteiger charge is -2.25. The first-order valence-electron chi connectivity index (χ1n) is 8.40. The molecule has 3 aromatic rings. The van der Waals surface area contributed by atoms with Crippen LogP contribution in [0.25, 0.3) is 10.9 Å². The van der Waals surface area contributed by atoms with Crippen LogP contribution in [0, 0.1) is 19.7 Å². The molecule has 0 radical (unpaired) electrons. The number of nitrogens with one attached hydrogen (secondary N) is 1. The number of amides is 1. The van der Waals surface area contributed by atoms with E-state index in [1.807, 2.05) is 20.0 Å². The lowest BCUT2D eigenvalue weighted by molar-refractivity contribution is 0.0929. The second-order valence-electron chi connectivity index (χ2n) is 6.63. The van der Waals surface area contributed by atoms with Gasteiger partial charge in [0.2, 0.25) is 0 Å². The van der Waals surface area contributed by atoms with E-state index in [2.05, 4.69) is 19.9 Å². The Hall–Kier alpha value is -2.76. The van der Waals surface area contributed by atoms with Crippen molar-refractivity contribution in [2.75, 3.05) is 0 Å². The quantitative estimate of drug-likeness (QED) is 0.781. The van der Waals surface area contributed by atoms with Crippen LogP contribution in [0.4, 0.5) is 4.39 Å². The first-order chi connectivity index (χ1) is 12.0. The average Bonchev–Trinajstić information content (AvgIpc) is 2.92. The fourth-order valence-electron chi connectivity index (χ4n) is 3.49. The van der Waals surface area contributed by atoms with Crippen molar-refractivity contribution in [1.82, 2.24) is 19.9 Å². The van der Waals surface area contributed by atoms with Gasteiger partial charge in [-0.05, 0) is 38.5 Å². The summed E-state index contributed by atoms with van der Waals surface area (Å²) in [4.78, 5) is 21.6. The van der Waals surface area contributed by atoms with Crippen LogP contribution in [0.15, 0.2) is 30.5 Å². The highest BCUT2D eigenvalue weighted by Gasteiger charge is 2.22. The maximum Gasteiger partial charge on any atom is 0.252 e. The highest BCUT2D eigenvalue weighted by atomic mass is 19.1. The van der Waals surface area contributed by atoms with Crippen LogP contribution in [0.1, 0.15) is 34.0 Å². The zero-order valence-electron chi connectivity index (χ0n) is 14.2. The SMILES string of the molecule is Cc1cn2c(n1)CCC(NC(=O)c1cc(C)nc3cc(F)ccc13)C2. The predicted molar refractivity (Wildman–Crippen MR) is 93.0 cm³/mol. The van der Waals surface area contributed by atoms with Gasteiger partial charge in [-0.3, -0.25) is 9.78 Å². The Labute approximate surface area is 144 Å². The number of rotatable bonds is 2. The molecular weight excluding hydrogens is 319 g/mol. The molecule has 5 nitrogen and oxygen atoms in total. The number of aryl methyl sites for hydroxylation is 3. The fourth-order valence-corrected chi connectivity index (χ4v) is 3.49. The van der Waals surface area contributed by atoms with E-state index < -0.39 is 0 Å². The summed E-state index contributed by atoms with van der Waals surface area (Å²) in [6.45, 7) is 4.50. The van der Waals surface area contributed by atoms with Gasteiger partial charge in [-0.2, -0.15) is 0 Å². The van der Waals surface area contributed by atoms with E-state index in [-0.39, 0.29) is 17.8 Å². The maximum atomic E-state index is 13.5. The average molecular weight is 338 g/mol. The molecule has 1 aliphatic heterocycles. The van der Waals surface area contributed by atoms with Crippen molar-refractivity contribution in [3.8, 4) is 0 Å². The lowest BCUT2D eigenvalue weighted by atomic mass is 10.0. The third-order valence-electron chi connectivity index (χ3n) is 4.59. The number of hydrogen-bond donors (Lipinski definition) is 1. The summed E-state index contributed by atoms with van der Waals surface area (Å²) in [7, 11) is 0. The third kappa shape index (κ3) is 2.99. The molecule has 0 bridgehead atoms. The highest BCUT2D eigenvalue weighted by Crippen LogP contribution is 2.21. The molecule has 0 saturated heterocycles. The molecule has 0 saturated carbocycles. The zero-order valence-corrected chi connectivity index (χ0v) is 14.2. The number of fused-ring (bicyclic) bond motifs is 2. The second kappa shape index (κ2) is 5.95. The van der Waals surface area contributed by atoms with Gasteiger partial charge in [-0.25, -0.2) is 9.37 Å². The summed E-state index contributed by atoms with van der Waals surface area (Å²) < 4.78 is 15.6. The van der Waals surface area contributed by atoms with Gasteiger partial charge in [-0.1, -0.05) is 0 Å². The Morgan fingerprint density at radius 2 is 2.08 bits per heavy atom. The second-order valence-corrected chi connectivity index (χ2v) is 6.63. The van der Waals surface area contributed by atoms with Crippen LogP contribution in [-0.4, -0.2) is 26.5 Å². The van der Waals surface area contributed by atoms with Crippen LogP contribution < -0.4 is 5.32 Å². The summed E-state index contributed by atoms with van der Waals surface area (Å²) in [6, 6.07) is 6.14. The van der Waals surface area contributed by atoms with Crippen molar-refractivity contribution in [3.05, 3.63) is 59.1 Å². The summed E-state index contributed by atoms with van der Waals surface area (Å²) in [5, 5.41) is 3.78. The summed E-state index contributed by atoms with van der Waals surface area (Å²) in [5.41, 5.74) is 2.73. The molecule has 1 N–H and O–H groups in total. The van der Waals surface area contributed by atoms with E-state index in [4.69, 9.17) is 0 Å². The van der Waals surface area contributed by atoms with Gasteiger partial charge in [0.1, 0.15) is 11.6 Å². The minimum atomic E-state index is -0.354. The number of aromatic nitrogens is 3. The third-order valence-corrected chi connectivity index (χ3v) is 4.59. The number of hydrogen-bond acceptors (Lipinski definition) is 3. The molecule has 6 heteroatoms. The number of halogens is 1. The molecular formula is C19H19FN4O. The van der Waals surface area contributed by atoms with Crippen LogP contribution >= 0.6 is 0 Å². The van der Waals surface area contributed by atoms with E-state index in [1.54, 1.807) is 12.1 Å². The number of carbonyl (C=O) groups excluding carboxylic acids is 1. The molecule has 1 atom stereocenters. The van der Waals surface area contributed by atoms with Crippen molar-refractivity contribution in [2.45, 2.75) is 39.3 Å². The summed E-state index contributed by atoms with van der Waals surface area (Å²) >= 11 is 0. The first kappa shape index (κ1) is 15.7. The normalized spacial score (nSPS) is 16.7. The van der Waals surface area contributed by atoms with Crippen molar-refractivity contribution in [3.63, 3.8) is 0 Å². The fraction of sp³-hybridized carbons (Fsp3) is 0.316. The van der Waals surface area contributed by atoms with Crippen LogP contribution in [0.2, 0.25) is 0 Å². The zero-order chi connectivity index (χ0) is 17.6. The maximum absolute atomic E-state index is 13.5. The van der Waals surface area contributed by atoms with Crippen molar-refractivity contribution >= 4 is 16.8 Å². The number of benzene rings is 1. The lowest BCUT2D eigenvalue weighted by Crippen LogP contribution is -2.41. The largest absolute Gasteiger partial charge is 0.347 e. The van der Waals surface area contributed by atoms with Crippen LogP contribution in [0.5, 0.6) is 0 Å². The summed E-state index contributed by atoms with van der Waals surface area (Å²) in [6.07, 6.45) is 3.72. The van der Waals surface area contributed by atoms with Crippen molar-refractivity contribution in [1.29, 1.82) is 0 Å². The first-order valence-corrected chi connectivity index (χ1v) is 8.40. The molecule has 1 unspecified atom stereocenters. The molecule has 25 heavy (non-hydrogen) atoms. The van der Waals surface area contributed by atoms with Crippen molar-refractivity contribution in [2.24, 2.45) is 0 Å². The molecule has 2 aromatic heterocycles. The topological polar surface area (TPSA) is 59.8 Å². The number of pyridine rings is 1. The molecule has 0 fully saturated rings. The van der Waals surface area contributed by atoms with Crippen LogP contribution in [-0.2, 0) is 13.0 Å². The predicted octanol–water partition coefficient (Wildman–Crippen LogP) is 2.93. The molecule has 3 heterocycles. The Bertz CT molecular complexity index is 974. The van der Waals surface area contributed by atoms with Crippen molar-refractivity contribution < 1.29 is 9.18 Å². The highest BCUT2D eigenvalue weighted by molar-refractivity contribution is 6.06. The Kier molecular flexibility index (Phi) is 3.75. The molecule has 4 rings (SSSR count). The Balaban J connectivity index is 1.60. The van der Waals surface area contributed by atoms with Gasteiger partial charge in [0.15, 0.2) is 0 Å².